The Morgan fingerprint density at radius 1 is 1.33 bits per heavy atom. The van der Waals surface area contributed by atoms with Gasteiger partial charge in [-0.05, 0) is 6.20 Å². The molecule has 0 aliphatic heterocycles. The fourth-order valence-electron chi connectivity index (χ4n) is 0.129. The molecule has 0 saturated heterocycles. The highest BCUT2D eigenvalue weighted by Gasteiger charge is 1.91. The van der Waals surface area contributed by atoms with Gasteiger partial charge in [0.2, 0.25) is 5.91 Å². The molecule has 0 radical (unpaired) electrons. The first-order chi connectivity index (χ1) is 5.18. The third-order valence-corrected chi connectivity index (χ3v) is 0.771. The Balaban J connectivity index is 0. The van der Waals surface area contributed by atoms with Crippen molar-refractivity contribution in [2.24, 2.45) is 0 Å². The summed E-state index contributed by atoms with van der Waals surface area (Å²) in [5.74, 6) is 0.00926. The molecule has 0 saturated carbocycles. The van der Waals surface area contributed by atoms with Crippen LogP contribution >= 0.6 is 0 Å². The molecule has 0 bridgehead atoms. The van der Waals surface area contributed by atoms with E-state index in [9.17, 15) is 4.79 Å². The number of hydrogen-bond acceptors (Lipinski definition) is 1. The molecule has 0 aliphatic carbocycles. The minimum Gasteiger partial charge on any atom is -0.333 e. The van der Waals surface area contributed by atoms with Crippen LogP contribution in [0.3, 0.4) is 0 Å². The molecule has 0 rings (SSSR count). The lowest BCUT2D eigenvalue weighted by atomic mass is 10.6. The Bertz CT molecular complexity index is 141. The SMILES string of the molecule is C=CN(C)C(C)=O.C[N+](C)(C)C. The van der Waals surface area contributed by atoms with Crippen molar-refractivity contribution in [1.82, 2.24) is 4.90 Å². The zero-order valence-corrected chi connectivity index (χ0v) is 9.09. The van der Waals surface area contributed by atoms with Crippen LogP contribution in [-0.4, -0.2) is 50.5 Å². The molecular weight excluding hydrogens is 152 g/mol. The van der Waals surface area contributed by atoms with Crippen LogP contribution in [0.25, 0.3) is 0 Å². The Labute approximate surface area is 75.9 Å². The average Bonchev–Trinajstić information content (AvgIpc) is 1.82. The van der Waals surface area contributed by atoms with Crippen LogP contribution in [0.5, 0.6) is 0 Å². The van der Waals surface area contributed by atoms with Crippen molar-refractivity contribution < 1.29 is 9.28 Å². The van der Waals surface area contributed by atoms with E-state index in [4.69, 9.17) is 0 Å². The molecule has 3 heteroatoms. The van der Waals surface area contributed by atoms with Crippen molar-refractivity contribution in [3.63, 3.8) is 0 Å². The van der Waals surface area contributed by atoms with E-state index >= 15 is 0 Å². The lowest BCUT2D eigenvalue weighted by Gasteiger charge is -2.14. The van der Waals surface area contributed by atoms with E-state index in [-0.39, 0.29) is 5.91 Å². The summed E-state index contributed by atoms with van der Waals surface area (Å²) < 4.78 is 1.00. The standard InChI is InChI=1S/C5H9NO.C4H12N/c1-4-6(3)5(2)7;1-5(2,3)4/h4H,1H2,2-3H3;1-4H3/q;+1. The molecule has 0 spiro atoms. The number of rotatable bonds is 1. The first-order valence-electron chi connectivity index (χ1n) is 3.83. The fourth-order valence-corrected chi connectivity index (χ4v) is 0.129. The van der Waals surface area contributed by atoms with Gasteiger partial charge in [0.05, 0.1) is 28.2 Å². The van der Waals surface area contributed by atoms with Crippen molar-refractivity contribution in [2.75, 3.05) is 35.2 Å². The van der Waals surface area contributed by atoms with Crippen LogP contribution in [0.2, 0.25) is 0 Å². The van der Waals surface area contributed by atoms with Gasteiger partial charge < -0.3 is 9.38 Å². The molecule has 0 aliphatic rings. The van der Waals surface area contributed by atoms with Crippen molar-refractivity contribution >= 4 is 5.91 Å². The van der Waals surface area contributed by atoms with Gasteiger partial charge in [-0.25, -0.2) is 0 Å². The van der Waals surface area contributed by atoms with Gasteiger partial charge in [-0.1, -0.05) is 6.58 Å². The first kappa shape index (κ1) is 13.7. The monoisotopic (exact) mass is 173 g/mol. The van der Waals surface area contributed by atoms with Crippen LogP contribution in [0, 0.1) is 0 Å². The first-order valence-corrected chi connectivity index (χ1v) is 3.83. The quantitative estimate of drug-likeness (QED) is 0.540. The van der Waals surface area contributed by atoms with E-state index < -0.39 is 0 Å². The average molecular weight is 173 g/mol. The van der Waals surface area contributed by atoms with E-state index in [1.165, 1.54) is 18.0 Å². The van der Waals surface area contributed by atoms with Gasteiger partial charge in [0, 0.05) is 14.0 Å². The van der Waals surface area contributed by atoms with Gasteiger partial charge in [0.25, 0.3) is 0 Å². The van der Waals surface area contributed by atoms with Gasteiger partial charge >= 0.3 is 0 Å². The molecular formula is C9H21N2O+. The maximum absolute atomic E-state index is 10.2. The van der Waals surface area contributed by atoms with E-state index in [0.717, 1.165) is 4.48 Å². The van der Waals surface area contributed by atoms with Crippen LogP contribution in [0.15, 0.2) is 12.8 Å². The maximum Gasteiger partial charge on any atom is 0.223 e. The maximum atomic E-state index is 10.2. The van der Waals surface area contributed by atoms with Gasteiger partial charge in [-0.15, -0.1) is 0 Å². The third-order valence-electron chi connectivity index (χ3n) is 0.771. The van der Waals surface area contributed by atoms with Crippen molar-refractivity contribution in [2.45, 2.75) is 6.92 Å². The second kappa shape index (κ2) is 5.77. The van der Waals surface area contributed by atoms with Crippen LogP contribution in [-0.2, 0) is 4.79 Å². The summed E-state index contributed by atoms with van der Waals surface area (Å²) in [6.07, 6.45) is 1.47. The van der Waals surface area contributed by atoms with Crippen molar-refractivity contribution in [1.29, 1.82) is 0 Å². The van der Waals surface area contributed by atoms with Gasteiger partial charge in [0.1, 0.15) is 0 Å². The highest BCUT2D eigenvalue weighted by atomic mass is 16.2. The smallest absolute Gasteiger partial charge is 0.223 e. The van der Waals surface area contributed by atoms with Crippen LogP contribution in [0.1, 0.15) is 6.92 Å². The van der Waals surface area contributed by atoms with Crippen LogP contribution in [0.4, 0.5) is 0 Å². The molecule has 0 N–H and O–H groups in total. The number of carbonyl (C=O) groups is 1. The Morgan fingerprint density at radius 3 is 1.58 bits per heavy atom. The summed E-state index contributed by atoms with van der Waals surface area (Å²) in [6.45, 7) is 4.87. The highest BCUT2D eigenvalue weighted by Crippen LogP contribution is 1.79. The van der Waals surface area contributed by atoms with E-state index in [0.29, 0.717) is 0 Å². The predicted octanol–water partition coefficient (Wildman–Crippen LogP) is 0.931. The van der Waals surface area contributed by atoms with E-state index in [1.54, 1.807) is 7.05 Å². The Morgan fingerprint density at radius 2 is 1.58 bits per heavy atom. The van der Waals surface area contributed by atoms with Gasteiger partial charge in [-0.3, -0.25) is 4.79 Å². The van der Waals surface area contributed by atoms with E-state index in [1.807, 2.05) is 0 Å². The van der Waals surface area contributed by atoms with Crippen molar-refractivity contribution in [3.05, 3.63) is 12.8 Å². The summed E-state index contributed by atoms with van der Waals surface area (Å²) in [7, 11) is 10.2. The lowest BCUT2D eigenvalue weighted by Crippen LogP contribution is -2.27. The van der Waals surface area contributed by atoms with Gasteiger partial charge in [-0.2, -0.15) is 0 Å². The molecule has 3 nitrogen and oxygen atoms in total. The Kier molecular flexibility index (Phi) is 6.61. The minimum atomic E-state index is 0.00926. The topological polar surface area (TPSA) is 20.3 Å². The summed E-state index contributed by atoms with van der Waals surface area (Å²) in [5, 5.41) is 0. The second-order valence-electron chi connectivity index (χ2n) is 4.00. The molecule has 0 aromatic carbocycles. The number of amides is 1. The third kappa shape index (κ3) is 22.9. The zero-order chi connectivity index (χ0) is 10.4. The number of carbonyl (C=O) groups excluding carboxylic acids is 1. The molecule has 0 unspecified atom stereocenters. The minimum absolute atomic E-state index is 0.00926. The highest BCUT2D eigenvalue weighted by molar-refractivity contribution is 5.73. The summed E-state index contributed by atoms with van der Waals surface area (Å²) in [5.41, 5.74) is 0. The summed E-state index contributed by atoms with van der Waals surface area (Å²) >= 11 is 0. The summed E-state index contributed by atoms with van der Waals surface area (Å²) in [4.78, 5) is 11.6. The van der Waals surface area contributed by atoms with Crippen molar-refractivity contribution in [3.8, 4) is 0 Å². The summed E-state index contributed by atoms with van der Waals surface area (Å²) in [6, 6.07) is 0. The number of quaternary nitrogens is 1. The zero-order valence-electron chi connectivity index (χ0n) is 9.09. The number of hydrogen-bond donors (Lipinski definition) is 0. The van der Waals surface area contributed by atoms with Crippen LogP contribution < -0.4 is 0 Å². The van der Waals surface area contributed by atoms with Gasteiger partial charge in [0.15, 0.2) is 0 Å². The second-order valence-corrected chi connectivity index (χ2v) is 4.00. The molecule has 0 aromatic heterocycles. The van der Waals surface area contributed by atoms with E-state index in [2.05, 4.69) is 34.8 Å². The molecule has 12 heavy (non-hydrogen) atoms. The molecule has 72 valence electrons. The lowest BCUT2D eigenvalue weighted by molar-refractivity contribution is -0.849. The predicted molar refractivity (Wildman–Crippen MR) is 52.6 cm³/mol. The molecule has 0 heterocycles. The Hall–Kier alpha value is -0.830. The molecule has 0 fully saturated rings. The number of nitrogens with zero attached hydrogens (tertiary/aromatic N) is 2. The fraction of sp³-hybridized carbons (Fsp3) is 0.667. The largest absolute Gasteiger partial charge is 0.333 e. The normalized spacial score (nSPS) is 9.50. The molecule has 0 aromatic rings. The molecule has 0 atom stereocenters. The molecule has 1 amide bonds.